The Hall–Kier alpha value is -1.17. The van der Waals surface area contributed by atoms with Crippen LogP contribution in [0.4, 0.5) is 4.39 Å². The minimum absolute atomic E-state index is 0.0803. The lowest BCUT2D eigenvalue weighted by Crippen LogP contribution is -2.28. The minimum Gasteiger partial charge on any atom is -0.379 e. The van der Waals surface area contributed by atoms with Crippen molar-refractivity contribution in [1.29, 1.82) is 0 Å². The molecule has 0 aliphatic heterocycles. The Kier molecular flexibility index (Phi) is 26.9. The molecule has 32 heavy (non-hydrogen) atoms. The van der Waals surface area contributed by atoms with E-state index in [2.05, 4.69) is 25.7 Å². The van der Waals surface area contributed by atoms with Crippen molar-refractivity contribution in [3.8, 4) is 0 Å². The standard InChI is InChI=1S/C23H39ClFNO3.C3H8/c1-4-21(19-20(3)25)11-12-22(5-2)23(27)26-14-16-29-18-17-28-15-10-8-6-7-9-13-24;1-3-2/h5,12,19,21H,2,4,6-11,13-18H2,1,3H3,(H,26,27);3H2,1-2H3/b20-19+,22-12+;. The second kappa shape index (κ2) is 26.1. The van der Waals surface area contributed by atoms with Gasteiger partial charge in [0.2, 0.25) is 0 Å². The first kappa shape index (κ1) is 33.0. The van der Waals surface area contributed by atoms with Crippen LogP contribution in [-0.4, -0.2) is 44.8 Å². The third-order valence-electron chi connectivity index (χ3n) is 4.44. The average Bonchev–Trinajstić information content (AvgIpc) is 2.76. The molecule has 0 saturated carbocycles. The van der Waals surface area contributed by atoms with Gasteiger partial charge >= 0.3 is 0 Å². The first-order chi connectivity index (χ1) is 15.5. The van der Waals surface area contributed by atoms with Gasteiger partial charge in [0.15, 0.2) is 0 Å². The summed E-state index contributed by atoms with van der Waals surface area (Å²) in [5, 5.41) is 2.81. The highest BCUT2D eigenvalue weighted by Gasteiger charge is 2.07. The molecule has 1 amide bonds. The smallest absolute Gasteiger partial charge is 0.251 e. The van der Waals surface area contributed by atoms with E-state index in [1.807, 2.05) is 6.92 Å². The van der Waals surface area contributed by atoms with E-state index < -0.39 is 0 Å². The molecule has 0 rings (SSSR count). The van der Waals surface area contributed by atoms with Gasteiger partial charge in [-0.3, -0.25) is 4.79 Å². The molecule has 4 nitrogen and oxygen atoms in total. The van der Waals surface area contributed by atoms with Crippen molar-refractivity contribution in [1.82, 2.24) is 5.32 Å². The summed E-state index contributed by atoms with van der Waals surface area (Å²) in [4.78, 5) is 12.2. The normalized spacial score (nSPS) is 12.7. The third-order valence-corrected chi connectivity index (χ3v) is 4.71. The van der Waals surface area contributed by atoms with E-state index >= 15 is 0 Å². The van der Waals surface area contributed by atoms with Gasteiger partial charge in [-0.1, -0.05) is 65.2 Å². The number of ether oxygens (including phenoxy) is 2. The third kappa shape index (κ3) is 23.5. The molecule has 0 bridgehead atoms. The summed E-state index contributed by atoms with van der Waals surface area (Å²) in [5.41, 5.74) is 0.503. The first-order valence-electron chi connectivity index (χ1n) is 12.1. The largest absolute Gasteiger partial charge is 0.379 e. The molecule has 0 aromatic rings. The Bertz CT molecular complexity index is 505. The van der Waals surface area contributed by atoms with Gasteiger partial charge in [0.05, 0.1) is 25.6 Å². The van der Waals surface area contributed by atoms with Crippen molar-refractivity contribution in [2.75, 3.05) is 38.9 Å². The number of hydrogen-bond donors (Lipinski definition) is 1. The average molecular weight is 476 g/mol. The van der Waals surface area contributed by atoms with Crippen molar-refractivity contribution < 1.29 is 18.7 Å². The summed E-state index contributed by atoms with van der Waals surface area (Å²) < 4.78 is 24.0. The van der Waals surface area contributed by atoms with E-state index in [0.29, 0.717) is 38.4 Å². The number of allylic oxidation sites excluding steroid dienone is 3. The highest BCUT2D eigenvalue weighted by atomic mass is 35.5. The highest BCUT2D eigenvalue weighted by Crippen LogP contribution is 2.15. The molecule has 0 heterocycles. The van der Waals surface area contributed by atoms with Crippen LogP contribution in [0.5, 0.6) is 0 Å². The maximum atomic E-state index is 13.0. The number of rotatable bonds is 19. The lowest BCUT2D eigenvalue weighted by atomic mass is 9.99. The maximum absolute atomic E-state index is 13.0. The van der Waals surface area contributed by atoms with E-state index in [1.54, 1.807) is 12.2 Å². The zero-order chi connectivity index (χ0) is 24.5. The number of alkyl halides is 1. The molecule has 1 N–H and O–H groups in total. The Balaban J connectivity index is 0. The highest BCUT2D eigenvalue weighted by molar-refractivity contribution is 6.17. The predicted octanol–water partition coefficient (Wildman–Crippen LogP) is 7.14. The van der Waals surface area contributed by atoms with Crippen LogP contribution in [0.2, 0.25) is 0 Å². The molecule has 0 aliphatic carbocycles. The van der Waals surface area contributed by atoms with Gasteiger partial charge in [-0.05, 0) is 44.6 Å². The number of carbonyl (C=O) groups excluding carboxylic acids is 1. The van der Waals surface area contributed by atoms with Gasteiger partial charge in [-0.25, -0.2) is 4.39 Å². The summed E-state index contributed by atoms with van der Waals surface area (Å²) in [6.07, 6.45) is 13.3. The molecule has 1 atom stereocenters. The maximum Gasteiger partial charge on any atom is 0.251 e. The summed E-state index contributed by atoms with van der Waals surface area (Å²) in [5.74, 6) is 0.441. The molecule has 0 saturated heterocycles. The Labute approximate surface area is 201 Å². The van der Waals surface area contributed by atoms with Gasteiger partial charge in [0.1, 0.15) is 0 Å². The van der Waals surface area contributed by atoms with Crippen LogP contribution in [-0.2, 0) is 14.3 Å². The van der Waals surface area contributed by atoms with Gasteiger partial charge in [-0.2, -0.15) is 0 Å². The summed E-state index contributed by atoms with van der Waals surface area (Å²) in [7, 11) is 0. The SMILES string of the molecule is C=C/C(=C\CC(/C=C(\C)F)CC)C(=O)NCCOCCOCCCCCCCCl.CCC. The molecular weight excluding hydrogens is 429 g/mol. The summed E-state index contributed by atoms with van der Waals surface area (Å²) in [6.45, 7) is 14.1. The molecule has 0 aromatic carbocycles. The Morgan fingerprint density at radius 3 is 2.19 bits per heavy atom. The minimum atomic E-state index is -0.196. The Morgan fingerprint density at radius 2 is 1.62 bits per heavy atom. The van der Waals surface area contributed by atoms with Crippen molar-refractivity contribution in [3.63, 3.8) is 0 Å². The van der Waals surface area contributed by atoms with E-state index in [4.69, 9.17) is 21.1 Å². The second-order valence-electron chi connectivity index (χ2n) is 7.67. The van der Waals surface area contributed by atoms with E-state index in [1.165, 1.54) is 38.7 Å². The molecule has 1 unspecified atom stereocenters. The number of halogens is 2. The summed E-state index contributed by atoms with van der Waals surface area (Å²) >= 11 is 5.64. The van der Waals surface area contributed by atoms with Crippen LogP contribution in [0.25, 0.3) is 0 Å². The van der Waals surface area contributed by atoms with Crippen molar-refractivity contribution in [2.24, 2.45) is 5.92 Å². The lowest BCUT2D eigenvalue weighted by Gasteiger charge is -2.10. The van der Waals surface area contributed by atoms with Crippen LogP contribution in [0.1, 0.15) is 79.1 Å². The van der Waals surface area contributed by atoms with Crippen LogP contribution in [0.3, 0.4) is 0 Å². The van der Waals surface area contributed by atoms with Crippen LogP contribution in [0, 0.1) is 5.92 Å². The fourth-order valence-electron chi connectivity index (χ4n) is 2.71. The van der Waals surface area contributed by atoms with Crippen molar-refractivity contribution in [3.05, 3.63) is 36.2 Å². The zero-order valence-electron chi connectivity index (χ0n) is 20.9. The number of nitrogens with one attached hydrogen (secondary N) is 1. The monoisotopic (exact) mass is 475 g/mol. The summed E-state index contributed by atoms with van der Waals surface area (Å²) in [6, 6.07) is 0. The molecule has 0 aliphatic rings. The molecule has 0 radical (unpaired) electrons. The van der Waals surface area contributed by atoms with Gasteiger partial charge in [0.25, 0.3) is 5.91 Å². The number of amides is 1. The van der Waals surface area contributed by atoms with Gasteiger partial charge in [-0.15, -0.1) is 11.6 Å². The van der Waals surface area contributed by atoms with E-state index in [0.717, 1.165) is 31.7 Å². The molecular formula is C26H47ClFNO3. The first-order valence-corrected chi connectivity index (χ1v) is 12.7. The van der Waals surface area contributed by atoms with Crippen LogP contribution in [0.15, 0.2) is 36.2 Å². The second-order valence-corrected chi connectivity index (χ2v) is 8.04. The van der Waals surface area contributed by atoms with Crippen molar-refractivity contribution >= 4 is 17.5 Å². The molecule has 0 aromatic heterocycles. The quantitative estimate of drug-likeness (QED) is 0.0933. The van der Waals surface area contributed by atoms with Crippen LogP contribution < -0.4 is 5.32 Å². The zero-order valence-corrected chi connectivity index (χ0v) is 21.7. The van der Waals surface area contributed by atoms with Crippen molar-refractivity contribution in [2.45, 2.75) is 79.1 Å². The molecule has 188 valence electrons. The molecule has 0 fully saturated rings. The van der Waals surface area contributed by atoms with Crippen LogP contribution >= 0.6 is 11.6 Å². The van der Waals surface area contributed by atoms with E-state index in [-0.39, 0.29) is 17.7 Å². The number of carbonyl (C=O) groups is 1. The Morgan fingerprint density at radius 1 is 1.03 bits per heavy atom. The molecule has 6 heteroatoms. The topological polar surface area (TPSA) is 47.6 Å². The fourth-order valence-corrected chi connectivity index (χ4v) is 2.90. The predicted molar refractivity (Wildman–Crippen MR) is 136 cm³/mol. The van der Waals surface area contributed by atoms with Gasteiger partial charge in [0, 0.05) is 24.6 Å². The number of unbranched alkanes of at least 4 members (excludes halogenated alkanes) is 4. The lowest BCUT2D eigenvalue weighted by molar-refractivity contribution is -0.117. The van der Waals surface area contributed by atoms with Gasteiger partial charge < -0.3 is 14.8 Å². The van der Waals surface area contributed by atoms with E-state index in [9.17, 15) is 9.18 Å². The fraction of sp³-hybridized carbons (Fsp3) is 0.731. The number of hydrogen-bond acceptors (Lipinski definition) is 3. The molecule has 0 spiro atoms.